The van der Waals surface area contributed by atoms with Gasteiger partial charge in [0.2, 0.25) is 5.91 Å². The van der Waals surface area contributed by atoms with E-state index in [1.54, 1.807) is 23.9 Å². The number of piperidine rings is 1. The van der Waals surface area contributed by atoms with Crippen LogP contribution in [-0.2, 0) is 9.53 Å². The summed E-state index contributed by atoms with van der Waals surface area (Å²) in [5.74, 6) is 0.650. The molecule has 0 aromatic rings. The first kappa shape index (κ1) is 25.9. The Balaban J connectivity index is 0.00000341. The van der Waals surface area contributed by atoms with Gasteiger partial charge < -0.3 is 25.2 Å². The Morgan fingerprint density at radius 2 is 1.77 bits per heavy atom. The number of likely N-dealkylation sites (tertiary alicyclic amines) is 1. The summed E-state index contributed by atoms with van der Waals surface area (Å²) < 4.78 is 5.09. The summed E-state index contributed by atoms with van der Waals surface area (Å²) in [5, 5.41) is 6.95. The van der Waals surface area contributed by atoms with Crippen LogP contribution in [0.1, 0.15) is 19.8 Å². The maximum Gasteiger partial charge on any atom is 0.409 e. The topological polar surface area (TPSA) is 92.7 Å². The lowest BCUT2D eigenvalue weighted by Crippen LogP contribution is -2.64. The SMILES string of the molecule is CCOC(=O)N1CCC(NC(=NCC(=O)N(C)C)NCC2CN3CCN2CC3)CC1.I. The zero-order chi connectivity index (χ0) is 21.5. The summed E-state index contributed by atoms with van der Waals surface area (Å²) >= 11 is 0. The number of piperazine rings is 3. The smallest absolute Gasteiger partial charge is 0.409 e. The Bertz CT molecular complexity index is 618. The maximum absolute atomic E-state index is 12.0. The minimum absolute atomic E-state index is 0. The van der Waals surface area contributed by atoms with Crippen LogP contribution in [0.15, 0.2) is 4.99 Å². The maximum atomic E-state index is 12.0. The normalized spacial score (nSPS) is 26.1. The van der Waals surface area contributed by atoms with Gasteiger partial charge in [0.15, 0.2) is 5.96 Å². The summed E-state index contributed by atoms with van der Waals surface area (Å²) in [4.78, 5) is 36.8. The number of halogens is 1. The first-order valence-corrected chi connectivity index (χ1v) is 11.1. The monoisotopic (exact) mass is 551 g/mol. The number of aliphatic imine (C=N–C) groups is 1. The van der Waals surface area contributed by atoms with E-state index in [0.717, 1.165) is 52.1 Å². The van der Waals surface area contributed by atoms with Crippen LogP contribution in [0.3, 0.4) is 0 Å². The van der Waals surface area contributed by atoms with Gasteiger partial charge in [-0.1, -0.05) is 0 Å². The summed E-state index contributed by atoms with van der Waals surface area (Å²) in [6, 6.07) is 0.679. The number of likely N-dealkylation sites (N-methyl/N-ethyl adjacent to an activating group) is 1. The number of hydrogen-bond acceptors (Lipinski definition) is 6. The molecule has 4 saturated heterocycles. The zero-order valence-corrected chi connectivity index (χ0v) is 21.3. The number of fused-ring (bicyclic) bond motifs is 3. The Morgan fingerprint density at radius 1 is 1.10 bits per heavy atom. The first-order chi connectivity index (χ1) is 14.5. The molecule has 0 spiro atoms. The number of nitrogens with one attached hydrogen (secondary N) is 2. The molecule has 31 heavy (non-hydrogen) atoms. The van der Waals surface area contributed by atoms with Crippen molar-refractivity contribution in [2.45, 2.75) is 31.8 Å². The number of rotatable bonds is 6. The van der Waals surface area contributed by atoms with Crippen LogP contribution >= 0.6 is 24.0 Å². The molecule has 4 rings (SSSR count). The second kappa shape index (κ2) is 12.6. The molecule has 2 bridgehead atoms. The van der Waals surface area contributed by atoms with Gasteiger partial charge in [-0.25, -0.2) is 9.79 Å². The Labute approximate surface area is 202 Å². The molecule has 0 radical (unpaired) electrons. The average Bonchev–Trinajstić information content (AvgIpc) is 2.76. The van der Waals surface area contributed by atoms with E-state index in [1.165, 1.54) is 0 Å². The summed E-state index contributed by atoms with van der Waals surface area (Å²) in [5.41, 5.74) is 0. The van der Waals surface area contributed by atoms with E-state index in [9.17, 15) is 9.59 Å². The van der Waals surface area contributed by atoms with Gasteiger partial charge >= 0.3 is 6.09 Å². The Hall–Kier alpha value is -1.34. The van der Waals surface area contributed by atoms with Gasteiger partial charge in [0.1, 0.15) is 6.54 Å². The molecule has 4 aliphatic heterocycles. The lowest BCUT2D eigenvalue weighted by Gasteiger charge is -2.47. The highest BCUT2D eigenvalue weighted by molar-refractivity contribution is 14.0. The van der Waals surface area contributed by atoms with Crippen molar-refractivity contribution in [1.29, 1.82) is 0 Å². The molecule has 10 nitrogen and oxygen atoms in total. The highest BCUT2D eigenvalue weighted by atomic mass is 127. The van der Waals surface area contributed by atoms with Crippen molar-refractivity contribution in [1.82, 2.24) is 30.2 Å². The first-order valence-electron chi connectivity index (χ1n) is 11.1. The molecular weight excluding hydrogens is 513 g/mol. The number of guanidine groups is 1. The van der Waals surface area contributed by atoms with E-state index in [1.807, 2.05) is 6.92 Å². The van der Waals surface area contributed by atoms with E-state index < -0.39 is 0 Å². The molecule has 0 saturated carbocycles. The van der Waals surface area contributed by atoms with E-state index in [2.05, 4.69) is 25.4 Å². The number of carbonyl (C=O) groups excluding carboxylic acids is 2. The standard InChI is InChI=1S/C20H37N7O3.HI/c1-4-30-20(29)27-7-5-16(6-8-27)23-19(22-14-18(28)24(2)3)21-13-17-15-25-9-11-26(17)12-10-25;/h16-17H,4-15H2,1-3H3,(H2,21,22,23);1H. The molecule has 4 aliphatic rings. The van der Waals surface area contributed by atoms with Crippen LogP contribution in [0.5, 0.6) is 0 Å². The lowest BCUT2D eigenvalue weighted by atomic mass is 10.1. The third kappa shape index (κ3) is 7.63. The van der Waals surface area contributed by atoms with Gasteiger partial charge in [-0.15, -0.1) is 24.0 Å². The summed E-state index contributed by atoms with van der Waals surface area (Å²) in [6.45, 7) is 10.1. The molecule has 1 atom stereocenters. The van der Waals surface area contributed by atoms with Crippen molar-refractivity contribution in [3.63, 3.8) is 0 Å². The number of amides is 2. The van der Waals surface area contributed by atoms with Crippen LogP contribution < -0.4 is 10.6 Å². The highest BCUT2D eigenvalue weighted by Gasteiger charge is 2.32. The van der Waals surface area contributed by atoms with Gasteiger partial charge in [-0.3, -0.25) is 14.6 Å². The van der Waals surface area contributed by atoms with Crippen molar-refractivity contribution in [3.05, 3.63) is 0 Å². The molecule has 4 fully saturated rings. The molecule has 0 aromatic carbocycles. The zero-order valence-electron chi connectivity index (χ0n) is 19.0. The van der Waals surface area contributed by atoms with Gasteiger partial charge in [0, 0.05) is 78.5 Å². The summed E-state index contributed by atoms with van der Waals surface area (Å²) in [7, 11) is 3.48. The van der Waals surface area contributed by atoms with Crippen LogP contribution in [0, 0.1) is 0 Å². The summed E-state index contributed by atoms with van der Waals surface area (Å²) in [6.07, 6.45) is 1.41. The van der Waals surface area contributed by atoms with E-state index in [4.69, 9.17) is 4.74 Å². The third-order valence-corrected chi connectivity index (χ3v) is 6.13. The van der Waals surface area contributed by atoms with E-state index in [-0.39, 0.29) is 48.6 Å². The van der Waals surface area contributed by atoms with Gasteiger partial charge in [-0.05, 0) is 19.8 Å². The fraction of sp³-hybridized carbons (Fsp3) is 0.850. The van der Waals surface area contributed by atoms with Gasteiger partial charge in [-0.2, -0.15) is 0 Å². The molecular formula is C20H38IN7O3. The van der Waals surface area contributed by atoms with Gasteiger partial charge in [0.05, 0.1) is 6.61 Å². The van der Waals surface area contributed by atoms with Crippen molar-refractivity contribution < 1.29 is 14.3 Å². The third-order valence-electron chi connectivity index (χ3n) is 6.13. The quantitative estimate of drug-likeness (QED) is 0.270. The fourth-order valence-electron chi connectivity index (χ4n) is 4.19. The fourth-order valence-corrected chi connectivity index (χ4v) is 4.19. The van der Waals surface area contributed by atoms with E-state index >= 15 is 0 Å². The Morgan fingerprint density at radius 3 is 2.32 bits per heavy atom. The van der Waals surface area contributed by atoms with Crippen molar-refractivity contribution in [3.8, 4) is 0 Å². The number of nitrogens with zero attached hydrogens (tertiary/aromatic N) is 5. The molecule has 0 aromatic heterocycles. The van der Waals surface area contributed by atoms with Crippen LogP contribution in [-0.4, -0.2) is 129 Å². The minimum Gasteiger partial charge on any atom is -0.450 e. The molecule has 11 heteroatoms. The Kier molecular flexibility index (Phi) is 10.6. The van der Waals surface area contributed by atoms with Gasteiger partial charge in [0.25, 0.3) is 0 Å². The van der Waals surface area contributed by atoms with Crippen LogP contribution in [0.25, 0.3) is 0 Å². The predicted molar refractivity (Wildman–Crippen MR) is 131 cm³/mol. The predicted octanol–water partition coefficient (Wildman–Crippen LogP) is -0.151. The molecule has 4 heterocycles. The van der Waals surface area contributed by atoms with Crippen molar-refractivity contribution in [2.75, 3.05) is 79.6 Å². The average molecular weight is 551 g/mol. The van der Waals surface area contributed by atoms with Crippen molar-refractivity contribution in [2.24, 2.45) is 4.99 Å². The van der Waals surface area contributed by atoms with Crippen molar-refractivity contribution >= 4 is 41.9 Å². The molecule has 2 N–H and O–H groups in total. The van der Waals surface area contributed by atoms with Crippen LogP contribution in [0.2, 0.25) is 0 Å². The van der Waals surface area contributed by atoms with Crippen LogP contribution in [0.4, 0.5) is 4.79 Å². The molecule has 2 amide bonds. The minimum atomic E-state index is -0.240. The second-order valence-corrected chi connectivity index (χ2v) is 8.43. The molecule has 1 unspecified atom stereocenters. The number of hydrogen-bond donors (Lipinski definition) is 2. The second-order valence-electron chi connectivity index (χ2n) is 8.43. The largest absolute Gasteiger partial charge is 0.450 e. The highest BCUT2D eigenvalue weighted by Crippen LogP contribution is 2.15. The lowest BCUT2D eigenvalue weighted by molar-refractivity contribution is -0.127. The van der Waals surface area contributed by atoms with E-state index in [0.29, 0.717) is 31.7 Å². The number of ether oxygens (including phenoxy) is 1. The molecule has 0 aliphatic carbocycles. The molecule has 178 valence electrons. The number of carbonyl (C=O) groups is 2.